The van der Waals surface area contributed by atoms with E-state index < -0.39 is 49.0 Å². The average molecular weight is 539 g/mol. The van der Waals surface area contributed by atoms with Crippen LogP contribution in [0.15, 0.2) is 23.1 Å². The Morgan fingerprint density at radius 1 is 1.21 bits per heavy atom. The number of amides is 3. The van der Waals surface area contributed by atoms with Crippen molar-refractivity contribution in [1.29, 1.82) is 0 Å². The Hall–Kier alpha value is -3.78. The number of nitrogens with zero attached hydrogens (tertiary/aromatic N) is 6. The van der Waals surface area contributed by atoms with Crippen molar-refractivity contribution in [3.05, 3.63) is 41.1 Å². The summed E-state index contributed by atoms with van der Waals surface area (Å²) in [5.74, 6) is -6.75. The Labute approximate surface area is 213 Å². The number of carbonyl (C=O) groups is 2. The van der Waals surface area contributed by atoms with Gasteiger partial charge in [0.2, 0.25) is 5.92 Å². The van der Waals surface area contributed by atoms with E-state index in [9.17, 15) is 27.2 Å². The van der Waals surface area contributed by atoms with E-state index in [2.05, 4.69) is 35.7 Å². The van der Waals surface area contributed by atoms with Crippen LogP contribution in [0, 0.1) is 12.8 Å². The second-order valence-electron chi connectivity index (χ2n) is 9.92. The Morgan fingerprint density at radius 2 is 1.95 bits per heavy atom. The van der Waals surface area contributed by atoms with Crippen LogP contribution in [0.4, 0.5) is 22.4 Å². The lowest BCUT2D eigenvalue weighted by molar-refractivity contribution is -0.0495. The summed E-state index contributed by atoms with van der Waals surface area (Å²) in [5, 5.41) is 16.6. The molecule has 2 aliphatic rings. The lowest BCUT2D eigenvalue weighted by Gasteiger charge is -2.36. The molecule has 3 amide bonds. The van der Waals surface area contributed by atoms with Gasteiger partial charge in [0.1, 0.15) is 5.69 Å². The fourth-order valence-corrected chi connectivity index (χ4v) is 4.94. The van der Waals surface area contributed by atoms with Gasteiger partial charge in [-0.05, 0) is 49.4 Å². The predicted molar refractivity (Wildman–Crippen MR) is 123 cm³/mol. The number of carbonyl (C=O) groups excluding carboxylic acids is 2. The molecule has 1 saturated carbocycles. The van der Waals surface area contributed by atoms with Crippen molar-refractivity contribution in [2.45, 2.75) is 63.5 Å². The first-order chi connectivity index (χ1) is 17.9. The smallest absolute Gasteiger partial charge is 0.318 e. The van der Waals surface area contributed by atoms with Gasteiger partial charge in [-0.3, -0.25) is 4.79 Å². The zero-order valence-electron chi connectivity index (χ0n) is 20.6. The summed E-state index contributed by atoms with van der Waals surface area (Å²) < 4.78 is 61.6. The number of hydrogen-bond acceptors (Lipinski definition) is 7. The summed E-state index contributed by atoms with van der Waals surface area (Å²) in [4.78, 5) is 30.8. The van der Waals surface area contributed by atoms with E-state index in [0.29, 0.717) is 16.9 Å². The highest BCUT2D eigenvalue weighted by molar-refractivity contribution is 5.93. The second-order valence-corrected chi connectivity index (χ2v) is 9.92. The molecule has 3 aromatic rings. The summed E-state index contributed by atoms with van der Waals surface area (Å²) in [5.41, 5.74) is 1.46. The number of aromatic nitrogens is 5. The van der Waals surface area contributed by atoms with Crippen LogP contribution in [-0.4, -0.2) is 66.7 Å². The molecule has 4 heterocycles. The third kappa shape index (κ3) is 5.13. The first-order valence-electron chi connectivity index (χ1n) is 12.2. The number of halogens is 4. The van der Waals surface area contributed by atoms with Crippen molar-refractivity contribution in [3.63, 3.8) is 0 Å². The van der Waals surface area contributed by atoms with Gasteiger partial charge in [0.15, 0.2) is 11.3 Å². The van der Waals surface area contributed by atoms with E-state index in [-0.39, 0.29) is 43.0 Å². The largest absolute Gasteiger partial charge is 0.342 e. The fraction of sp³-hybridized carbons (Fsp3) is 0.565. The molecule has 11 nitrogen and oxygen atoms in total. The lowest BCUT2D eigenvalue weighted by Crippen LogP contribution is -2.57. The maximum Gasteiger partial charge on any atom is 0.318 e. The van der Waals surface area contributed by atoms with Crippen molar-refractivity contribution in [3.8, 4) is 0 Å². The van der Waals surface area contributed by atoms with E-state index >= 15 is 0 Å². The van der Waals surface area contributed by atoms with Crippen molar-refractivity contribution >= 4 is 17.6 Å². The van der Waals surface area contributed by atoms with E-state index in [1.54, 1.807) is 26.1 Å². The zero-order valence-corrected chi connectivity index (χ0v) is 20.6. The van der Waals surface area contributed by atoms with Crippen LogP contribution in [0.2, 0.25) is 0 Å². The monoisotopic (exact) mass is 538 g/mol. The Morgan fingerprint density at radius 3 is 2.63 bits per heavy atom. The van der Waals surface area contributed by atoms with Crippen LogP contribution >= 0.6 is 0 Å². The molecule has 1 saturated heterocycles. The zero-order chi connectivity index (χ0) is 27.2. The van der Waals surface area contributed by atoms with Crippen LogP contribution in [0.3, 0.4) is 0 Å². The molecular weight excluding hydrogens is 512 g/mol. The van der Waals surface area contributed by atoms with Gasteiger partial charge in [-0.15, -0.1) is 0 Å². The van der Waals surface area contributed by atoms with Crippen molar-refractivity contribution < 1.29 is 31.8 Å². The number of imidazole rings is 1. The van der Waals surface area contributed by atoms with Gasteiger partial charge in [-0.1, -0.05) is 5.16 Å². The van der Waals surface area contributed by atoms with Gasteiger partial charge < -0.3 is 15.5 Å². The summed E-state index contributed by atoms with van der Waals surface area (Å²) in [7, 11) is 0. The van der Waals surface area contributed by atoms with Crippen LogP contribution in [0.5, 0.6) is 0 Å². The van der Waals surface area contributed by atoms with Crippen molar-refractivity contribution in [1.82, 2.24) is 40.4 Å². The molecule has 0 bridgehead atoms. The molecule has 2 atom stereocenters. The van der Waals surface area contributed by atoms with E-state index in [4.69, 9.17) is 0 Å². The van der Waals surface area contributed by atoms with Crippen LogP contribution < -0.4 is 10.6 Å². The SMILES string of the molecule is Cc1nonc1C(=O)NC(c1cn2ncc(C(C)N3CC(F)(F)CNC3=O)cc2n1)C1CCC(F)(F)CC1. The third-order valence-electron chi connectivity index (χ3n) is 7.18. The summed E-state index contributed by atoms with van der Waals surface area (Å²) in [6.45, 7) is 1.71. The molecule has 2 fully saturated rings. The van der Waals surface area contributed by atoms with Crippen molar-refractivity contribution in [2.24, 2.45) is 5.92 Å². The fourth-order valence-electron chi connectivity index (χ4n) is 4.94. The van der Waals surface area contributed by atoms with Gasteiger partial charge in [0.05, 0.1) is 43.3 Å². The normalized spacial score (nSPS) is 21.2. The number of alkyl halides is 4. The number of nitrogens with one attached hydrogen (secondary N) is 2. The highest BCUT2D eigenvalue weighted by Crippen LogP contribution is 2.41. The summed E-state index contributed by atoms with van der Waals surface area (Å²) in [6.07, 6.45) is 2.72. The molecule has 2 unspecified atom stereocenters. The van der Waals surface area contributed by atoms with Gasteiger partial charge in [-0.2, -0.15) is 5.10 Å². The quantitative estimate of drug-likeness (QED) is 0.460. The summed E-state index contributed by atoms with van der Waals surface area (Å²) >= 11 is 0. The number of hydrogen-bond donors (Lipinski definition) is 2. The third-order valence-corrected chi connectivity index (χ3v) is 7.18. The highest BCUT2D eigenvalue weighted by atomic mass is 19.3. The molecule has 15 heteroatoms. The average Bonchev–Trinajstić information content (AvgIpc) is 3.49. The van der Waals surface area contributed by atoms with Crippen LogP contribution in [0.25, 0.3) is 5.65 Å². The van der Waals surface area contributed by atoms with E-state index in [1.165, 1.54) is 10.7 Å². The molecule has 2 N–H and O–H groups in total. The van der Waals surface area contributed by atoms with Crippen molar-refractivity contribution in [2.75, 3.05) is 13.1 Å². The van der Waals surface area contributed by atoms with Crippen LogP contribution in [-0.2, 0) is 0 Å². The number of urea groups is 1. The minimum atomic E-state index is -3.07. The minimum absolute atomic E-state index is 0.0225. The first-order valence-corrected chi connectivity index (χ1v) is 12.2. The minimum Gasteiger partial charge on any atom is -0.342 e. The number of fused-ring (bicyclic) bond motifs is 1. The molecule has 1 aliphatic heterocycles. The lowest BCUT2D eigenvalue weighted by atomic mass is 9.81. The number of aryl methyl sites for hydroxylation is 1. The molecule has 1 aliphatic carbocycles. The molecule has 0 aromatic carbocycles. The maximum atomic E-state index is 13.9. The van der Waals surface area contributed by atoms with Gasteiger partial charge in [0.25, 0.3) is 11.8 Å². The molecule has 38 heavy (non-hydrogen) atoms. The molecule has 0 spiro atoms. The topological polar surface area (TPSA) is 131 Å². The van der Waals surface area contributed by atoms with Gasteiger partial charge in [-0.25, -0.2) is 36.5 Å². The van der Waals surface area contributed by atoms with Gasteiger partial charge in [0, 0.05) is 12.8 Å². The molecule has 3 aromatic heterocycles. The molecule has 5 rings (SSSR count). The highest BCUT2D eigenvalue weighted by Gasteiger charge is 2.42. The molecule has 204 valence electrons. The molecule has 0 radical (unpaired) electrons. The standard InChI is InChI=1S/C23H26F4N8O3/c1-12-18(33-38-32-12)20(36)31-19(14-3-5-22(24,25)6-4-14)16-9-35-17(30-16)7-15(8-29-35)13(2)34-11-23(26,27)10-28-21(34)37/h7-9,13-14,19H,3-6,10-11H2,1-2H3,(H,28,37)(H,31,36). The number of rotatable bonds is 6. The molecular formula is C23H26F4N8O3. The van der Waals surface area contributed by atoms with Gasteiger partial charge >= 0.3 is 6.03 Å². The Bertz CT molecular complexity index is 1350. The second kappa shape index (κ2) is 9.51. The maximum absolute atomic E-state index is 13.9. The van der Waals surface area contributed by atoms with Crippen LogP contribution in [0.1, 0.15) is 72.1 Å². The first kappa shape index (κ1) is 25.9. The Balaban J connectivity index is 1.43. The Kier molecular flexibility index (Phi) is 6.47. The summed E-state index contributed by atoms with van der Waals surface area (Å²) in [6, 6.07) is -0.455. The van der Waals surface area contributed by atoms with E-state index in [1.807, 2.05) is 0 Å². The van der Waals surface area contributed by atoms with E-state index in [0.717, 1.165) is 4.90 Å². The predicted octanol–water partition coefficient (Wildman–Crippen LogP) is 3.44.